The zero-order valence-electron chi connectivity index (χ0n) is 78.9. The minimum Gasteiger partial charge on any atom is -0.311 e. The molecule has 0 saturated carbocycles. The minimum absolute atomic E-state index is 0.0481. The standard InChI is InChI=1S/C119H117B3N6/c1-74-41-56-83(57-42-74)126-98-32-23-29-89(107(98)120-92-71-80(116(13,14)15)53-68-95(92)123(101-35-26-38-104(126)110(101)120)86-62-47-77(48-63-86)113(4,5)6)119(22,90-30-24-33-99-108(90)121-93-72-81(117(16,17)18)54-69-96(93)124(87-64-49-78(50-65-87)114(7,8)9)102-36-27-39-105(111(102)121)127(99)84-58-43-75(2)44-59-84)91-31-25-34-100-109(91)122-94-73-82(118(19,20)21)55-70-97(94)125(88-66-51-79(52-67-88)115(10,11)12)103-37-28-40-106(112(103)122)128(100)85-60-45-76(3)46-61-85/h23-73H,1-22H3. The summed E-state index contributed by atoms with van der Waals surface area (Å²) < 4.78 is 0. The second kappa shape index (κ2) is 29.2. The predicted molar refractivity (Wildman–Crippen MR) is 553 cm³/mol. The molecule has 128 heavy (non-hydrogen) atoms. The van der Waals surface area contributed by atoms with Crippen molar-refractivity contribution >= 4 is 172 Å². The van der Waals surface area contributed by atoms with Crippen LogP contribution in [0.4, 0.5) is 102 Å². The van der Waals surface area contributed by atoms with E-state index in [0.717, 1.165) is 51.2 Å². The van der Waals surface area contributed by atoms with E-state index in [1.54, 1.807) is 0 Å². The van der Waals surface area contributed by atoms with Crippen LogP contribution in [-0.4, -0.2) is 20.1 Å². The number of aryl methyl sites for hydroxylation is 3. The van der Waals surface area contributed by atoms with Crippen molar-refractivity contribution in [1.82, 2.24) is 0 Å². The third kappa shape index (κ3) is 12.9. The highest BCUT2D eigenvalue weighted by Gasteiger charge is 2.55. The highest BCUT2D eigenvalue weighted by Crippen LogP contribution is 2.55. The van der Waals surface area contributed by atoms with Gasteiger partial charge in [0.1, 0.15) is 0 Å². The monoisotopic (exact) mass is 1660 g/mol. The maximum atomic E-state index is 2.70. The summed E-state index contributed by atoms with van der Waals surface area (Å²) in [6, 6.07) is 123. The zero-order chi connectivity index (χ0) is 89.3. The summed E-state index contributed by atoms with van der Waals surface area (Å²) in [6.07, 6.45) is 0. The SMILES string of the molecule is Cc1ccc(N2c3cccc4c3B(c3cc(C(C)(C)C)ccc3N4c3ccc(C(C)(C)C)cc3)c3c2cccc3C(C)(c2cccc3c2B2c4cc(C(C)(C)C)ccc4N(c4ccc(C(C)(C)C)cc4)c4cccc(c42)N3c2ccc(C)cc2)c2cccc3c2B2c4cc(C(C)(C)C)ccc4N(c4ccc(C(C)(C)C)cc4)c4cccc(c42)N3c2ccc(C)cc2)cc1. The molecular weight excluding hydrogens is 1550 g/mol. The lowest BCUT2D eigenvalue weighted by molar-refractivity contribution is 0.590. The Morgan fingerprint density at radius 2 is 0.344 bits per heavy atom. The van der Waals surface area contributed by atoms with Crippen LogP contribution in [0, 0.1) is 20.8 Å². The Hall–Kier alpha value is -12.7. The highest BCUT2D eigenvalue weighted by molar-refractivity contribution is 7.02. The molecule has 6 heterocycles. The number of hydrogen-bond donors (Lipinski definition) is 0. The molecule has 0 radical (unpaired) electrons. The molecule has 0 bridgehead atoms. The minimum atomic E-state index is -1.09. The van der Waals surface area contributed by atoms with Crippen molar-refractivity contribution in [3.05, 3.63) is 376 Å². The average molecular weight is 1660 g/mol. The molecule has 15 aromatic rings. The average Bonchev–Trinajstić information content (AvgIpc) is 0.618. The van der Waals surface area contributed by atoms with Gasteiger partial charge in [0.15, 0.2) is 0 Å². The van der Waals surface area contributed by atoms with Gasteiger partial charge in [-0.05, 0) is 305 Å². The van der Waals surface area contributed by atoms with Gasteiger partial charge in [0.25, 0.3) is 20.1 Å². The molecule has 0 amide bonds. The van der Waals surface area contributed by atoms with Gasteiger partial charge in [0.05, 0.1) is 0 Å². The van der Waals surface area contributed by atoms with Crippen LogP contribution in [-0.2, 0) is 37.9 Å². The van der Waals surface area contributed by atoms with Gasteiger partial charge in [0.2, 0.25) is 0 Å². The van der Waals surface area contributed by atoms with Crippen LogP contribution >= 0.6 is 0 Å². The molecule has 9 heteroatoms. The fourth-order valence-corrected chi connectivity index (χ4v) is 22.2. The third-order valence-electron chi connectivity index (χ3n) is 29.1. The summed E-state index contributed by atoms with van der Waals surface area (Å²) >= 11 is 0. The molecule has 15 aromatic carbocycles. The number of benzene rings is 15. The van der Waals surface area contributed by atoms with Crippen LogP contribution in [0.15, 0.2) is 309 Å². The predicted octanol–water partition coefficient (Wildman–Crippen LogP) is 26.0. The number of rotatable bonds is 9. The first-order valence-corrected chi connectivity index (χ1v) is 46.5. The van der Waals surface area contributed by atoms with Crippen LogP contribution in [0.2, 0.25) is 0 Å². The smallest absolute Gasteiger partial charge is 0.252 e. The molecule has 0 saturated heterocycles. The summed E-state index contributed by atoms with van der Waals surface area (Å²) in [7, 11) is 0. The van der Waals surface area contributed by atoms with Crippen LogP contribution in [0.1, 0.15) is 198 Å². The van der Waals surface area contributed by atoms with Crippen LogP contribution in [0.5, 0.6) is 0 Å². The Bertz CT molecular complexity index is 6330. The number of anilines is 18. The van der Waals surface area contributed by atoms with Crippen molar-refractivity contribution in [3.8, 4) is 0 Å². The topological polar surface area (TPSA) is 19.4 Å². The van der Waals surface area contributed by atoms with E-state index in [4.69, 9.17) is 0 Å². The van der Waals surface area contributed by atoms with Gasteiger partial charge >= 0.3 is 0 Å². The van der Waals surface area contributed by atoms with Gasteiger partial charge in [-0.3, -0.25) is 0 Å². The van der Waals surface area contributed by atoms with Gasteiger partial charge in [-0.1, -0.05) is 305 Å². The van der Waals surface area contributed by atoms with E-state index in [2.05, 4.69) is 491 Å². The molecule has 0 aliphatic carbocycles. The molecule has 0 aromatic heterocycles. The van der Waals surface area contributed by atoms with E-state index in [1.807, 2.05) is 0 Å². The van der Waals surface area contributed by atoms with Gasteiger partial charge in [-0.15, -0.1) is 0 Å². The van der Waals surface area contributed by atoms with E-state index in [-0.39, 0.29) is 52.6 Å². The Balaban J connectivity index is 0.948. The maximum Gasteiger partial charge on any atom is 0.252 e. The Morgan fingerprint density at radius 1 is 0.172 bits per heavy atom. The molecule has 0 N–H and O–H groups in total. The van der Waals surface area contributed by atoms with E-state index in [0.29, 0.717) is 0 Å². The Kier molecular flexibility index (Phi) is 18.7. The lowest BCUT2D eigenvalue weighted by Gasteiger charge is -2.50. The van der Waals surface area contributed by atoms with Gasteiger partial charge < -0.3 is 29.4 Å². The summed E-state index contributed by atoms with van der Waals surface area (Å²) in [5, 5.41) is 0. The third-order valence-corrected chi connectivity index (χ3v) is 29.1. The summed E-state index contributed by atoms with van der Waals surface area (Å²) in [5.74, 6) is 0. The molecule has 6 aliphatic heterocycles. The highest BCUT2D eigenvalue weighted by atomic mass is 15.2. The first-order chi connectivity index (χ1) is 60.9. The molecular formula is C119H117B3N6. The van der Waals surface area contributed by atoms with Crippen molar-refractivity contribution in [2.45, 2.75) is 190 Å². The van der Waals surface area contributed by atoms with Crippen molar-refractivity contribution in [1.29, 1.82) is 0 Å². The van der Waals surface area contributed by atoms with Crippen LogP contribution < -0.4 is 78.6 Å². The normalized spacial score (nSPS) is 14.3. The second-order valence-electron chi connectivity index (χ2n) is 43.7. The largest absolute Gasteiger partial charge is 0.311 e. The van der Waals surface area contributed by atoms with Crippen molar-refractivity contribution in [2.24, 2.45) is 0 Å². The van der Waals surface area contributed by atoms with Crippen molar-refractivity contribution < 1.29 is 0 Å². The summed E-state index contributed by atoms with van der Waals surface area (Å²) in [6.45, 7) is 51.0. The van der Waals surface area contributed by atoms with Gasteiger partial charge in [-0.2, -0.15) is 0 Å². The molecule has 0 atom stereocenters. The number of nitrogens with zero attached hydrogens (tertiary/aromatic N) is 6. The first kappa shape index (κ1) is 82.3. The first-order valence-electron chi connectivity index (χ1n) is 46.5. The van der Waals surface area contributed by atoms with Gasteiger partial charge in [-0.25, -0.2) is 0 Å². The summed E-state index contributed by atoms with van der Waals surface area (Å²) in [5.41, 5.74) is 45.7. The fourth-order valence-electron chi connectivity index (χ4n) is 22.2. The summed E-state index contributed by atoms with van der Waals surface area (Å²) in [4.78, 5) is 15.8. The fraction of sp³-hybridized carbons (Fsp3) is 0.244. The van der Waals surface area contributed by atoms with Crippen molar-refractivity contribution in [2.75, 3.05) is 29.4 Å². The molecule has 0 spiro atoms. The quantitative estimate of drug-likeness (QED) is 0.105. The van der Waals surface area contributed by atoms with Crippen LogP contribution in [0.3, 0.4) is 0 Å². The lowest BCUT2D eigenvalue weighted by Crippen LogP contribution is -2.66. The molecule has 0 unspecified atom stereocenters. The maximum absolute atomic E-state index is 2.70. The van der Waals surface area contributed by atoms with E-state index < -0.39 is 5.41 Å². The number of hydrogen-bond acceptors (Lipinski definition) is 6. The van der Waals surface area contributed by atoms with E-state index in [9.17, 15) is 0 Å². The molecule has 21 rings (SSSR count). The lowest BCUT2D eigenvalue weighted by atomic mass is 9.29. The molecule has 0 fully saturated rings. The van der Waals surface area contributed by atoms with Crippen molar-refractivity contribution in [3.63, 3.8) is 0 Å². The van der Waals surface area contributed by atoms with E-state index >= 15 is 0 Å². The second-order valence-corrected chi connectivity index (χ2v) is 43.7. The Labute approximate surface area is 762 Å². The molecule has 632 valence electrons. The van der Waals surface area contributed by atoms with E-state index in [1.165, 1.54) is 167 Å². The molecule has 6 nitrogen and oxygen atoms in total. The number of fused-ring (bicyclic) bond motifs is 12. The zero-order valence-corrected chi connectivity index (χ0v) is 78.9. The Morgan fingerprint density at radius 3 is 0.547 bits per heavy atom. The van der Waals surface area contributed by atoms with Gasteiger partial charge in [0, 0.05) is 108 Å². The van der Waals surface area contributed by atoms with Crippen LogP contribution in [0.25, 0.3) is 0 Å². The molecule has 6 aliphatic rings.